The molecule has 3 atom stereocenters. The molecular weight excluding hydrogens is 458 g/mol. The Morgan fingerprint density at radius 2 is 1.46 bits per heavy atom. The van der Waals surface area contributed by atoms with Gasteiger partial charge in [-0.1, -0.05) is 115 Å². The molecule has 3 aromatic rings. The first-order chi connectivity index (χ1) is 17.7. The molecule has 0 saturated carbocycles. The number of hydrogen-bond acceptors (Lipinski definition) is 4. The van der Waals surface area contributed by atoms with Crippen molar-refractivity contribution in [3.63, 3.8) is 0 Å². The normalized spacial score (nSPS) is 14.6. The highest BCUT2D eigenvalue weighted by atomic mass is 16.6. The number of aliphatic hydroxyl groups excluding tert-OH is 1. The zero-order chi connectivity index (χ0) is 26.7. The van der Waals surface area contributed by atoms with Gasteiger partial charge in [0.25, 0.3) is 0 Å². The molecule has 1 N–H and O–H groups in total. The van der Waals surface area contributed by atoms with Gasteiger partial charge < -0.3 is 9.84 Å². The van der Waals surface area contributed by atoms with Crippen LogP contribution in [0.15, 0.2) is 109 Å². The van der Waals surface area contributed by atoms with Gasteiger partial charge in [0.05, 0.1) is 6.04 Å². The van der Waals surface area contributed by atoms with E-state index >= 15 is 0 Å². The highest BCUT2D eigenvalue weighted by Gasteiger charge is 2.35. The van der Waals surface area contributed by atoms with Crippen LogP contribution in [0.2, 0.25) is 0 Å². The second kappa shape index (κ2) is 13.7. The molecule has 0 bridgehead atoms. The average Bonchev–Trinajstić information content (AvgIpc) is 2.89. The fourth-order valence-electron chi connectivity index (χ4n) is 4.18. The summed E-state index contributed by atoms with van der Waals surface area (Å²) >= 11 is 0. The van der Waals surface area contributed by atoms with Gasteiger partial charge in [-0.3, -0.25) is 4.90 Å². The van der Waals surface area contributed by atoms with E-state index in [1.54, 1.807) is 0 Å². The number of benzene rings is 3. The predicted molar refractivity (Wildman–Crippen MR) is 152 cm³/mol. The van der Waals surface area contributed by atoms with E-state index in [4.69, 9.17) is 4.74 Å². The van der Waals surface area contributed by atoms with Crippen LogP contribution in [0.3, 0.4) is 0 Å². The van der Waals surface area contributed by atoms with Crippen molar-refractivity contribution in [2.75, 3.05) is 0 Å². The monoisotopic (exact) mass is 497 g/mol. The van der Waals surface area contributed by atoms with Crippen molar-refractivity contribution in [3.05, 3.63) is 126 Å². The number of allylic oxidation sites excluding steroid dienone is 2. The molecule has 4 heteroatoms. The van der Waals surface area contributed by atoms with Crippen molar-refractivity contribution in [1.29, 1.82) is 0 Å². The summed E-state index contributed by atoms with van der Waals surface area (Å²) in [4.78, 5) is 15.2. The Bertz CT molecular complexity index is 1130. The molecule has 0 radical (unpaired) electrons. The first kappa shape index (κ1) is 28.1. The molecule has 194 valence electrons. The van der Waals surface area contributed by atoms with Gasteiger partial charge in [-0.25, -0.2) is 4.79 Å². The summed E-state index contributed by atoms with van der Waals surface area (Å²) in [5.74, 6) is -0.625. The topological polar surface area (TPSA) is 49.8 Å². The van der Waals surface area contributed by atoms with Crippen molar-refractivity contribution in [1.82, 2.24) is 4.90 Å². The Hall–Kier alpha value is -3.47. The van der Waals surface area contributed by atoms with Gasteiger partial charge in [0.15, 0.2) is 6.10 Å². The largest absolute Gasteiger partial charge is 0.458 e. The van der Waals surface area contributed by atoms with Crippen molar-refractivity contribution in [3.8, 4) is 0 Å². The maximum atomic E-state index is 13.0. The number of ether oxygens (including phenoxy) is 1. The van der Waals surface area contributed by atoms with E-state index in [0.29, 0.717) is 13.0 Å². The Balaban J connectivity index is 1.92. The number of rotatable bonds is 11. The SMILES string of the molecule is CC(c1ccccc1)N(Cc1ccccc1)C(/C=C/C/C=C/c1ccccc1)[C@@H](O)C(=O)OC(C)(C)C. The molecule has 0 amide bonds. The number of aliphatic hydroxyl groups is 1. The van der Waals surface area contributed by atoms with Crippen LogP contribution in [0, 0.1) is 0 Å². The van der Waals surface area contributed by atoms with Crippen LogP contribution in [0.1, 0.15) is 56.8 Å². The van der Waals surface area contributed by atoms with E-state index < -0.39 is 23.7 Å². The Labute approximate surface area is 221 Å². The summed E-state index contributed by atoms with van der Waals surface area (Å²) in [6.45, 7) is 8.10. The zero-order valence-corrected chi connectivity index (χ0v) is 22.3. The Morgan fingerprint density at radius 1 is 0.892 bits per heavy atom. The molecule has 0 fully saturated rings. The quantitative estimate of drug-likeness (QED) is 0.229. The molecule has 37 heavy (non-hydrogen) atoms. The van der Waals surface area contributed by atoms with E-state index in [0.717, 1.165) is 16.7 Å². The molecule has 0 aliphatic heterocycles. The minimum absolute atomic E-state index is 0.0620. The molecule has 4 nitrogen and oxygen atoms in total. The van der Waals surface area contributed by atoms with Crippen LogP contribution in [-0.2, 0) is 16.1 Å². The van der Waals surface area contributed by atoms with Gasteiger partial charge in [0, 0.05) is 12.6 Å². The molecule has 0 aromatic heterocycles. The molecule has 0 aliphatic carbocycles. The third-order valence-electron chi connectivity index (χ3n) is 6.06. The lowest BCUT2D eigenvalue weighted by Crippen LogP contribution is -2.48. The highest BCUT2D eigenvalue weighted by molar-refractivity contribution is 5.76. The van der Waals surface area contributed by atoms with Crippen LogP contribution in [-0.4, -0.2) is 33.7 Å². The molecule has 0 saturated heterocycles. The van der Waals surface area contributed by atoms with E-state index in [1.807, 2.05) is 87.5 Å². The van der Waals surface area contributed by atoms with Crippen LogP contribution >= 0.6 is 0 Å². The highest BCUT2D eigenvalue weighted by Crippen LogP contribution is 2.28. The minimum Gasteiger partial charge on any atom is -0.458 e. The van der Waals surface area contributed by atoms with Crippen LogP contribution in [0.4, 0.5) is 0 Å². The lowest BCUT2D eigenvalue weighted by atomic mass is 9.99. The number of nitrogens with zero attached hydrogens (tertiary/aromatic N) is 1. The maximum Gasteiger partial charge on any atom is 0.337 e. The molecular formula is C33H39NO3. The molecule has 3 aromatic carbocycles. The predicted octanol–water partition coefficient (Wildman–Crippen LogP) is 6.98. The zero-order valence-electron chi connectivity index (χ0n) is 22.3. The van der Waals surface area contributed by atoms with Crippen molar-refractivity contribution in [2.24, 2.45) is 0 Å². The molecule has 0 aliphatic rings. The van der Waals surface area contributed by atoms with Gasteiger partial charge in [-0.15, -0.1) is 0 Å². The maximum absolute atomic E-state index is 13.0. The van der Waals surface area contributed by atoms with Gasteiger partial charge >= 0.3 is 5.97 Å². The van der Waals surface area contributed by atoms with Gasteiger partial charge in [0.2, 0.25) is 0 Å². The van der Waals surface area contributed by atoms with E-state index in [2.05, 4.69) is 60.4 Å². The number of carbonyl (C=O) groups is 1. The van der Waals surface area contributed by atoms with Gasteiger partial charge in [-0.2, -0.15) is 0 Å². The summed E-state index contributed by atoms with van der Waals surface area (Å²) in [5.41, 5.74) is 2.64. The van der Waals surface area contributed by atoms with Gasteiger partial charge in [0.1, 0.15) is 5.60 Å². The summed E-state index contributed by atoms with van der Waals surface area (Å²) < 4.78 is 5.59. The fourth-order valence-corrected chi connectivity index (χ4v) is 4.18. The number of esters is 1. The number of carbonyl (C=O) groups excluding carboxylic acids is 1. The average molecular weight is 498 g/mol. The van der Waals surface area contributed by atoms with E-state index in [-0.39, 0.29) is 6.04 Å². The van der Waals surface area contributed by atoms with Crippen molar-refractivity contribution in [2.45, 2.75) is 64.4 Å². The fraction of sp³-hybridized carbons (Fsp3) is 0.303. The van der Waals surface area contributed by atoms with Crippen molar-refractivity contribution < 1.29 is 14.6 Å². The smallest absolute Gasteiger partial charge is 0.337 e. The summed E-state index contributed by atoms with van der Waals surface area (Å²) in [6, 6.07) is 29.8. The minimum atomic E-state index is -1.34. The summed E-state index contributed by atoms with van der Waals surface area (Å²) in [7, 11) is 0. The molecule has 0 heterocycles. The van der Waals surface area contributed by atoms with Crippen LogP contribution < -0.4 is 0 Å². The van der Waals surface area contributed by atoms with E-state index in [1.165, 1.54) is 0 Å². The first-order valence-corrected chi connectivity index (χ1v) is 12.9. The van der Waals surface area contributed by atoms with E-state index in [9.17, 15) is 9.90 Å². The second-order valence-electron chi connectivity index (χ2n) is 10.2. The van der Waals surface area contributed by atoms with Crippen molar-refractivity contribution >= 4 is 12.0 Å². The second-order valence-corrected chi connectivity index (χ2v) is 10.2. The summed E-state index contributed by atoms with van der Waals surface area (Å²) in [5, 5.41) is 11.3. The lowest BCUT2D eigenvalue weighted by Gasteiger charge is -2.37. The Kier molecular flexibility index (Phi) is 10.4. The van der Waals surface area contributed by atoms with Crippen LogP contribution in [0.5, 0.6) is 0 Å². The summed E-state index contributed by atoms with van der Waals surface area (Å²) in [6.07, 6.45) is 7.41. The molecule has 0 spiro atoms. The standard InChI is InChI=1S/C33H39NO3/c1-26(29-22-14-8-15-23-29)34(25-28-20-12-6-13-21-28)30(31(35)32(36)37-33(2,3)4)24-16-7-11-19-27-17-9-5-10-18-27/h5-6,8-24,26,30-31,35H,7,25H2,1-4H3/b19-11+,24-16+/t26?,30?,31-/m1/s1. The Morgan fingerprint density at radius 3 is 2.05 bits per heavy atom. The number of hydrogen-bond donors (Lipinski definition) is 1. The first-order valence-electron chi connectivity index (χ1n) is 12.9. The third-order valence-corrected chi connectivity index (χ3v) is 6.06. The van der Waals surface area contributed by atoms with Crippen LogP contribution in [0.25, 0.3) is 6.08 Å². The molecule has 3 rings (SSSR count). The third kappa shape index (κ3) is 9.16. The van der Waals surface area contributed by atoms with Gasteiger partial charge in [-0.05, 0) is 50.8 Å². The molecule has 2 unspecified atom stereocenters. The lowest BCUT2D eigenvalue weighted by molar-refractivity contribution is -0.168.